The summed E-state index contributed by atoms with van der Waals surface area (Å²) in [5, 5.41) is 22.9. The summed E-state index contributed by atoms with van der Waals surface area (Å²) in [6.07, 6.45) is -0.400. The minimum absolute atomic E-state index is 0.113. The fourth-order valence-electron chi connectivity index (χ4n) is 1.84. The lowest BCUT2D eigenvalue weighted by atomic mass is 10.1. The van der Waals surface area contributed by atoms with Crippen LogP contribution in [0.25, 0.3) is 0 Å². The first-order chi connectivity index (χ1) is 8.99. The molecule has 1 rings (SSSR count). The van der Waals surface area contributed by atoms with Gasteiger partial charge in [0.2, 0.25) is 5.91 Å². The van der Waals surface area contributed by atoms with Crippen LogP contribution in [0.2, 0.25) is 0 Å². The van der Waals surface area contributed by atoms with Gasteiger partial charge in [-0.1, -0.05) is 0 Å². The van der Waals surface area contributed by atoms with Gasteiger partial charge in [0.15, 0.2) is 0 Å². The Balaban J connectivity index is 2.37. The number of carbonyl (C=O) groups excluding carboxylic acids is 1. The zero-order valence-electron chi connectivity index (χ0n) is 10.6. The van der Waals surface area contributed by atoms with E-state index in [1.807, 2.05) is 4.90 Å². The number of hydrogen-bond acceptors (Lipinski definition) is 5. The van der Waals surface area contributed by atoms with E-state index in [0.717, 1.165) is 26.2 Å². The van der Waals surface area contributed by atoms with E-state index in [2.05, 4.69) is 10.6 Å². The summed E-state index contributed by atoms with van der Waals surface area (Å²) < 4.78 is 0. The normalized spacial score (nSPS) is 17.7. The van der Waals surface area contributed by atoms with E-state index in [0.29, 0.717) is 0 Å². The summed E-state index contributed by atoms with van der Waals surface area (Å²) in [6.45, 7) is 3.21. The molecule has 0 aromatic rings. The topological polar surface area (TPSA) is 119 Å². The van der Waals surface area contributed by atoms with Crippen molar-refractivity contribution >= 4 is 17.8 Å². The van der Waals surface area contributed by atoms with Gasteiger partial charge in [0, 0.05) is 32.6 Å². The molecule has 1 amide bonds. The first kappa shape index (κ1) is 15.4. The summed E-state index contributed by atoms with van der Waals surface area (Å²) in [6, 6.07) is -1.15. The zero-order chi connectivity index (χ0) is 14.3. The molecule has 0 spiro atoms. The summed E-state index contributed by atoms with van der Waals surface area (Å²) in [7, 11) is 0. The molecule has 0 aliphatic carbocycles. The molecule has 108 valence electrons. The minimum atomic E-state index is -1.21. The van der Waals surface area contributed by atoms with E-state index in [1.54, 1.807) is 0 Å². The van der Waals surface area contributed by atoms with Crippen LogP contribution >= 0.6 is 0 Å². The Bertz CT molecular complexity index is 341. The molecular formula is C11H19N3O5. The van der Waals surface area contributed by atoms with Crippen LogP contribution in [0.3, 0.4) is 0 Å². The number of carboxylic acid groups (broad SMARTS) is 2. The third-order valence-electron chi connectivity index (χ3n) is 2.86. The molecule has 0 unspecified atom stereocenters. The monoisotopic (exact) mass is 273 g/mol. The van der Waals surface area contributed by atoms with Crippen molar-refractivity contribution < 1.29 is 24.6 Å². The number of amides is 1. The van der Waals surface area contributed by atoms with Crippen molar-refractivity contribution in [3.8, 4) is 0 Å². The fraction of sp³-hybridized carbons (Fsp3) is 0.727. The van der Waals surface area contributed by atoms with Crippen molar-refractivity contribution in [3.05, 3.63) is 0 Å². The van der Waals surface area contributed by atoms with Gasteiger partial charge < -0.3 is 20.8 Å². The Hall–Kier alpha value is -1.67. The fourth-order valence-corrected chi connectivity index (χ4v) is 1.84. The number of rotatable bonds is 7. The Morgan fingerprint density at radius 1 is 1.21 bits per heavy atom. The van der Waals surface area contributed by atoms with E-state index in [4.69, 9.17) is 10.2 Å². The van der Waals surface area contributed by atoms with Crippen LogP contribution in [0.1, 0.15) is 12.8 Å². The van der Waals surface area contributed by atoms with Crippen LogP contribution in [0.5, 0.6) is 0 Å². The van der Waals surface area contributed by atoms with E-state index in [9.17, 15) is 14.4 Å². The molecule has 4 N–H and O–H groups in total. The number of carbonyl (C=O) groups is 3. The van der Waals surface area contributed by atoms with Crippen molar-refractivity contribution in [2.45, 2.75) is 18.9 Å². The quantitative estimate of drug-likeness (QED) is 0.437. The Morgan fingerprint density at radius 2 is 1.84 bits per heavy atom. The van der Waals surface area contributed by atoms with Crippen molar-refractivity contribution in [1.82, 2.24) is 15.5 Å². The standard InChI is InChI=1S/C11H19N3O5/c15-9(7-14-5-3-12-4-6-14)13-8(11(18)19)1-2-10(16)17/h8,12H,1-7H2,(H,13,15)(H,16,17)(H,18,19)/t8-/m0/s1. The molecule has 0 aromatic carbocycles. The van der Waals surface area contributed by atoms with Gasteiger partial charge in [-0.15, -0.1) is 0 Å². The molecule has 1 atom stereocenters. The van der Waals surface area contributed by atoms with Crippen LogP contribution in [-0.4, -0.2) is 71.7 Å². The minimum Gasteiger partial charge on any atom is -0.481 e. The predicted octanol–water partition coefficient (Wildman–Crippen LogP) is -1.67. The Labute approximate surface area is 110 Å². The van der Waals surface area contributed by atoms with Crippen LogP contribution in [-0.2, 0) is 14.4 Å². The average molecular weight is 273 g/mol. The van der Waals surface area contributed by atoms with Crippen molar-refractivity contribution in [3.63, 3.8) is 0 Å². The molecular weight excluding hydrogens is 254 g/mol. The molecule has 0 bridgehead atoms. The Morgan fingerprint density at radius 3 is 2.37 bits per heavy atom. The smallest absolute Gasteiger partial charge is 0.326 e. The van der Waals surface area contributed by atoms with Crippen LogP contribution in [0.15, 0.2) is 0 Å². The lowest BCUT2D eigenvalue weighted by Gasteiger charge is -2.27. The number of hydrogen-bond donors (Lipinski definition) is 4. The Kier molecular flexibility index (Phi) is 6.23. The van der Waals surface area contributed by atoms with Gasteiger partial charge in [0.1, 0.15) is 6.04 Å². The van der Waals surface area contributed by atoms with Gasteiger partial charge in [0.05, 0.1) is 6.54 Å². The lowest BCUT2D eigenvalue weighted by molar-refractivity contribution is -0.143. The van der Waals surface area contributed by atoms with E-state index in [-0.39, 0.29) is 25.3 Å². The summed E-state index contributed by atoms with van der Waals surface area (Å²) in [5.74, 6) is -2.68. The second kappa shape index (κ2) is 7.70. The first-order valence-electron chi connectivity index (χ1n) is 6.16. The van der Waals surface area contributed by atoms with E-state index in [1.165, 1.54) is 0 Å². The van der Waals surface area contributed by atoms with Crippen molar-refractivity contribution in [2.24, 2.45) is 0 Å². The molecule has 1 aliphatic rings. The third kappa shape index (κ3) is 6.16. The van der Waals surface area contributed by atoms with Crippen LogP contribution in [0.4, 0.5) is 0 Å². The second-order valence-corrected chi connectivity index (χ2v) is 4.42. The molecule has 1 aliphatic heterocycles. The maximum absolute atomic E-state index is 11.7. The molecule has 1 heterocycles. The van der Waals surface area contributed by atoms with Crippen molar-refractivity contribution in [2.75, 3.05) is 32.7 Å². The molecule has 8 heteroatoms. The zero-order valence-corrected chi connectivity index (χ0v) is 10.6. The molecule has 19 heavy (non-hydrogen) atoms. The highest BCUT2D eigenvalue weighted by atomic mass is 16.4. The average Bonchev–Trinajstić information content (AvgIpc) is 2.35. The van der Waals surface area contributed by atoms with E-state index >= 15 is 0 Å². The van der Waals surface area contributed by atoms with E-state index < -0.39 is 18.0 Å². The van der Waals surface area contributed by atoms with Gasteiger partial charge in [-0.2, -0.15) is 0 Å². The lowest BCUT2D eigenvalue weighted by Crippen LogP contribution is -2.50. The number of piperazine rings is 1. The molecule has 0 aromatic heterocycles. The highest BCUT2D eigenvalue weighted by molar-refractivity contribution is 5.85. The highest BCUT2D eigenvalue weighted by Gasteiger charge is 2.22. The third-order valence-corrected chi connectivity index (χ3v) is 2.86. The second-order valence-electron chi connectivity index (χ2n) is 4.42. The molecule has 0 saturated carbocycles. The van der Waals surface area contributed by atoms with Gasteiger partial charge in [-0.05, 0) is 6.42 Å². The number of aliphatic carboxylic acids is 2. The predicted molar refractivity (Wildman–Crippen MR) is 65.7 cm³/mol. The SMILES string of the molecule is O=C(O)CC[C@H](NC(=O)CN1CCNCC1)C(=O)O. The summed E-state index contributed by atoms with van der Waals surface area (Å²) >= 11 is 0. The molecule has 8 nitrogen and oxygen atoms in total. The van der Waals surface area contributed by atoms with Crippen LogP contribution in [0, 0.1) is 0 Å². The van der Waals surface area contributed by atoms with Gasteiger partial charge >= 0.3 is 11.9 Å². The van der Waals surface area contributed by atoms with Gasteiger partial charge in [-0.25, -0.2) is 4.79 Å². The first-order valence-corrected chi connectivity index (χ1v) is 6.16. The number of nitrogens with zero attached hydrogens (tertiary/aromatic N) is 1. The van der Waals surface area contributed by atoms with Crippen molar-refractivity contribution in [1.29, 1.82) is 0 Å². The molecule has 1 fully saturated rings. The summed E-state index contributed by atoms with van der Waals surface area (Å²) in [5.41, 5.74) is 0. The van der Waals surface area contributed by atoms with Gasteiger partial charge in [0.25, 0.3) is 0 Å². The number of carboxylic acids is 2. The largest absolute Gasteiger partial charge is 0.481 e. The number of nitrogens with one attached hydrogen (secondary N) is 2. The maximum Gasteiger partial charge on any atom is 0.326 e. The van der Waals surface area contributed by atoms with Gasteiger partial charge in [-0.3, -0.25) is 14.5 Å². The summed E-state index contributed by atoms with van der Waals surface area (Å²) in [4.78, 5) is 34.9. The highest BCUT2D eigenvalue weighted by Crippen LogP contribution is 1.99. The molecule has 1 saturated heterocycles. The van der Waals surface area contributed by atoms with Crippen LogP contribution < -0.4 is 10.6 Å². The maximum atomic E-state index is 11.7. The molecule has 0 radical (unpaired) electrons.